The number of benzene rings is 1. The van der Waals surface area contributed by atoms with Crippen LogP contribution in [-0.2, 0) is 9.53 Å². The summed E-state index contributed by atoms with van der Waals surface area (Å²) >= 11 is 0. The first-order valence-electron chi connectivity index (χ1n) is 5.21. The van der Waals surface area contributed by atoms with Gasteiger partial charge in [0.25, 0.3) is 0 Å². The molecule has 2 unspecified atom stereocenters. The lowest BCUT2D eigenvalue weighted by molar-refractivity contribution is -0.154. The molecule has 0 aliphatic carbocycles. The minimum Gasteiger partial charge on any atom is -0.467 e. The smallest absolute Gasteiger partial charge is 0.345 e. The maximum absolute atomic E-state index is 14.5. The van der Waals surface area contributed by atoms with Gasteiger partial charge in [-0.05, 0) is 5.56 Å². The van der Waals surface area contributed by atoms with Crippen molar-refractivity contribution in [2.24, 2.45) is 0 Å². The van der Waals surface area contributed by atoms with Crippen LogP contribution in [0.15, 0.2) is 30.3 Å². The predicted octanol–water partition coefficient (Wildman–Crippen LogP) is 1.25. The lowest BCUT2D eigenvalue weighted by atomic mass is 9.86. The predicted molar refractivity (Wildman–Crippen MR) is 57.9 cm³/mol. The van der Waals surface area contributed by atoms with Crippen LogP contribution in [0, 0.1) is 0 Å². The Kier molecular flexibility index (Phi) is 2.92. The number of rotatable bonds is 2. The number of hydrogen-bond acceptors (Lipinski definition) is 3. The average molecular weight is 223 g/mol. The van der Waals surface area contributed by atoms with E-state index in [4.69, 9.17) is 0 Å². The van der Waals surface area contributed by atoms with Crippen molar-refractivity contribution in [3.05, 3.63) is 35.9 Å². The van der Waals surface area contributed by atoms with Crippen molar-refractivity contribution in [3.8, 4) is 0 Å². The molecule has 2 atom stereocenters. The van der Waals surface area contributed by atoms with E-state index in [0.717, 1.165) is 5.56 Å². The van der Waals surface area contributed by atoms with Crippen LogP contribution >= 0.6 is 0 Å². The second-order valence-electron chi connectivity index (χ2n) is 3.95. The van der Waals surface area contributed by atoms with E-state index in [1.807, 2.05) is 30.3 Å². The molecule has 4 heteroatoms. The summed E-state index contributed by atoms with van der Waals surface area (Å²) in [4.78, 5) is 11.5. The van der Waals surface area contributed by atoms with Gasteiger partial charge in [0.05, 0.1) is 7.11 Å². The summed E-state index contributed by atoms with van der Waals surface area (Å²) in [6.07, 6.45) is 0. The van der Waals surface area contributed by atoms with E-state index >= 15 is 0 Å². The molecule has 0 radical (unpaired) electrons. The lowest BCUT2D eigenvalue weighted by Crippen LogP contribution is -2.41. The SMILES string of the molecule is COC(=O)C1(F)CNCC1c1ccccc1. The highest BCUT2D eigenvalue weighted by Crippen LogP contribution is 2.35. The van der Waals surface area contributed by atoms with Gasteiger partial charge in [0.2, 0.25) is 5.67 Å². The largest absolute Gasteiger partial charge is 0.467 e. The van der Waals surface area contributed by atoms with E-state index in [9.17, 15) is 9.18 Å². The Hall–Kier alpha value is -1.42. The number of carbonyl (C=O) groups is 1. The third-order valence-corrected chi connectivity index (χ3v) is 3.01. The van der Waals surface area contributed by atoms with Crippen molar-refractivity contribution in [1.29, 1.82) is 0 Å². The monoisotopic (exact) mass is 223 g/mol. The number of hydrogen-bond donors (Lipinski definition) is 1. The zero-order chi connectivity index (χ0) is 11.6. The molecule has 0 saturated carbocycles. The highest BCUT2D eigenvalue weighted by atomic mass is 19.1. The van der Waals surface area contributed by atoms with Crippen molar-refractivity contribution < 1.29 is 13.9 Å². The fourth-order valence-electron chi connectivity index (χ4n) is 2.13. The first kappa shape index (κ1) is 11.1. The Morgan fingerprint density at radius 3 is 2.81 bits per heavy atom. The van der Waals surface area contributed by atoms with E-state index in [-0.39, 0.29) is 6.54 Å². The zero-order valence-corrected chi connectivity index (χ0v) is 9.07. The standard InChI is InChI=1S/C12H14FNO2/c1-16-11(15)12(13)8-14-7-10(12)9-5-3-2-4-6-9/h2-6,10,14H,7-8H2,1H3. The highest BCUT2D eigenvalue weighted by Gasteiger charge is 2.51. The van der Waals surface area contributed by atoms with Crippen molar-refractivity contribution >= 4 is 5.97 Å². The minimum atomic E-state index is -1.95. The second-order valence-corrected chi connectivity index (χ2v) is 3.95. The molecular formula is C12H14FNO2. The molecule has 1 fully saturated rings. The average Bonchev–Trinajstić information content (AvgIpc) is 2.72. The Labute approximate surface area is 93.6 Å². The number of methoxy groups -OCH3 is 1. The summed E-state index contributed by atoms with van der Waals surface area (Å²) in [5.41, 5.74) is -1.13. The fraction of sp³-hybridized carbons (Fsp3) is 0.417. The molecule has 1 aromatic carbocycles. The Balaban J connectivity index is 2.31. The van der Waals surface area contributed by atoms with Crippen molar-refractivity contribution in [3.63, 3.8) is 0 Å². The van der Waals surface area contributed by atoms with Crippen LogP contribution in [0.5, 0.6) is 0 Å². The summed E-state index contributed by atoms with van der Waals surface area (Å²) in [5.74, 6) is -1.27. The molecule has 16 heavy (non-hydrogen) atoms. The van der Waals surface area contributed by atoms with Crippen molar-refractivity contribution in [1.82, 2.24) is 5.32 Å². The number of alkyl halides is 1. The number of ether oxygens (including phenoxy) is 1. The van der Waals surface area contributed by atoms with Crippen LogP contribution in [0.3, 0.4) is 0 Å². The molecule has 1 saturated heterocycles. The van der Waals surface area contributed by atoms with Gasteiger partial charge in [0.1, 0.15) is 0 Å². The molecule has 1 aliphatic heterocycles. The third kappa shape index (κ3) is 1.69. The molecule has 1 aromatic rings. The first-order chi connectivity index (χ1) is 7.68. The van der Waals surface area contributed by atoms with Gasteiger partial charge >= 0.3 is 5.97 Å². The van der Waals surface area contributed by atoms with Crippen LogP contribution in [-0.4, -0.2) is 31.8 Å². The van der Waals surface area contributed by atoms with E-state index in [0.29, 0.717) is 6.54 Å². The van der Waals surface area contributed by atoms with Gasteiger partial charge in [-0.3, -0.25) is 0 Å². The molecule has 0 aromatic heterocycles. The van der Waals surface area contributed by atoms with Gasteiger partial charge in [0.15, 0.2) is 0 Å². The number of esters is 1. The molecule has 1 N–H and O–H groups in total. The molecule has 86 valence electrons. The lowest BCUT2D eigenvalue weighted by Gasteiger charge is -2.23. The van der Waals surface area contributed by atoms with Crippen LogP contribution in [0.25, 0.3) is 0 Å². The van der Waals surface area contributed by atoms with Gasteiger partial charge in [-0.2, -0.15) is 0 Å². The van der Waals surface area contributed by atoms with Crippen LogP contribution in [0.4, 0.5) is 4.39 Å². The summed E-state index contributed by atoms with van der Waals surface area (Å²) in [6, 6.07) is 9.20. The number of nitrogens with one attached hydrogen (secondary N) is 1. The third-order valence-electron chi connectivity index (χ3n) is 3.01. The summed E-state index contributed by atoms with van der Waals surface area (Å²) < 4.78 is 19.1. The van der Waals surface area contributed by atoms with Crippen LogP contribution < -0.4 is 5.32 Å². The van der Waals surface area contributed by atoms with Crippen LogP contribution in [0.1, 0.15) is 11.5 Å². The maximum atomic E-state index is 14.5. The fourth-order valence-corrected chi connectivity index (χ4v) is 2.13. The molecule has 2 rings (SSSR count). The Bertz CT molecular complexity index is 382. The molecule has 1 aliphatic rings. The quantitative estimate of drug-likeness (QED) is 0.767. The van der Waals surface area contributed by atoms with Crippen molar-refractivity contribution in [2.75, 3.05) is 20.2 Å². The van der Waals surface area contributed by atoms with Crippen LogP contribution in [0.2, 0.25) is 0 Å². The van der Waals surface area contributed by atoms with E-state index in [2.05, 4.69) is 10.1 Å². The van der Waals surface area contributed by atoms with Gasteiger partial charge in [0, 0.05) is 19.0 Å². The highest BCUT2D eigenvalue weighted by molar-refractivity contribution is 5.82. The number of halogens is 1. The topological polar surface area (TPSA) is 38.3 Å². The molecular weight excluding hydrogens is 209 g/mol. The van der Waals surface area contributed by atoms with Gasteiger partial charge < -0.3 is 10.1 Å². The molecule has 1 heterocycles. The van der Waals surface area contributed by atoms with Crippen molar-refractivity contribution in [2.45, 2.75) is 11.6 Å². The number of carbonyl (C=O) groups excluding carboxylic acids is 1. The minimum absolute atomic E-state index is 0.0131. The Morgan fingerprint density at radius 1 is 1.50 bits per heavy atom. The van der Waals surface area contributed by atoms with Gasteiger partial charge in [-0.1, -0.05) is 30.3 Å². The Morgan fingerprint density at radius 2 is 2.19 bits per heavy atom. The van der Waals surface area contributed by atoms with E-state index < -0.39 is 17.6 Å². The van der Waals surface area contributed by atoms with E-state index in [1.54, 1.807) is 0 Å². The molecule has 3 nitrogen and oxygen atoms in total. The summed E-state index contributed by atoms with van der Waals surface area (Å²) in [7, 11) is 1.21. The second kappa shape index (κ2) is 4.22. The van der Waals surface area contributed by atoms with Gasteiger partial charge in [-0.25, -0.2) is 9.18 Å². The van der Waals surface area contributed by atoms with Gasteiger partial charge in [-0.15, -0.1) is 0 Å². The zero-order valence-electron chi connectivity index (χ0n) is 9.07. The molecule has 0 amide bonds. The first-order valence-corrected chi connectivity index (χ1v) is 5.21. The van der Waals surface area contributed by atoms with E-state index in [1.165, 1.54) is 7.11 Å². The maximum Gasteiger partial charge on any atom is 0.345 e. The molecule has 0 bridgehead atoms. The molecule has 0 spiro atoms. The summed E-state index contributed by atoms with van der Waals surface area (Å²) in [5, 5.41) is 2.90. The normalized spacial score (nSPS) is 29.0. The summed E-state index contributed by atoms with van der Waals surface area (Å²) in [6.45, 7) is 0.467.